The fourth-order valence-corrected chi connectivity index (χ4v) is 2.60. The van der Waals surface area contributed by atoms with Gasteiger partial charge in [-0.1, -0.05) is 12.1 Å². The predicted octanol–water partition coefficient (Wildman–Crippen LogP) is 3.70. The van der Waals surface area contributed by atoms with Gasteiger partial charge in [-0.2, -0.15) is 0 Å². The molecule has 144 valence electrons. The van der Waals surface area contributed by atoms with Gasteiger partial charge in [0.15, 0.2) is 0 Å². The van der Waals surface area contributed by atoms with E-state index in [1.54, 1.807) is 0 Å². The van der Waals surface area contributed by atoms with Crippen molar-refractivity contribution in [3.05, 3.63) is 42.5 Å². The molecule has 0 atom stereocenters. The second-order valence-corrected chi connectivity index (χ2v) is 6.14. The van der Waals surface area contributed by atoms with Gasteiger partial charge in [0.2, 0.25) is 11.8 Å². The van der Waals surface area contributed by atoms with E-state index in [9.17, 15) is 26.7 Å². The Labute approximate surface area is 150 Å². The van der Waals surface area contributed by atoms with Crippen LogP contribution in [0.2, 0.25) is 0 Å². The number of hydrogen-bond acceptors (Lipinski definition) is 4. The van der Waals surface area contributed by atoms with Crippen molar-refractivity contribution in [3.63, 3.8) is 0 Å². The molecular formula is C17H14F5N3O2. The van der Waals surface area contributed by atoms with Crippen LogP contribution >= 0.6 is 0 Å². The quantitative estimate of drug-likeness (QED) is 0.795. The smallest absolute Gasteiger partial charge is 0.406 e. The highest BCUT2D eigenvalue weighted by Gasteiger charge is 2.48. The van der Waals surface area contributed by atoms with Gasteiger partial charge >= 0.3 is 6.36 Å². The first-order valence-corrected chi connectivity index (χ1v) is 7.94. The number of alkyl halides is 5. The molecule has 1 fully saturated rings. The minimum atomic E-state index is -4.76. The molecule has 3 rings (SSSR count). The molecule has 0 saturated heterocycles. The molecule has 0 spiro atoms. The maximum atomic E-state index is 12.8. The highest BCUT2D eigenvalue weighted by atomic mass is 19.4. The summed E-state index contributed by atoms with van der Waals surface area (Å²) in [7, 11) is 0. The Morgan fingerprint density at radius 2 is 1.70 bits per heavy atom. The average molecular weight is 387 g/mol. The summed E-state index contributed by atoms with van der Waals surface area (Å²) in [6.07, 6.45) is -2.76. The number of halogens is 5. The predicted molar refractivity (Wildman–Crippen MR) is 83.7 cm³/mol. The van der Waals surface area contributed by atoms with Crippen molar-refractivity contribution < 1.29 is 31.5 Å². The molecule has 1 amide bonds. The highest BCUT2D eigenvalue weighted by molar-refractivity contribution is 5.79. The zero-order valence-corrected chi connectivity index (χ0v) is 13.8. The molecule has 0 bridgehead atoms. The van der Waals surface area contributed by atoms with Gasteiger partial charge in [-0.25, -0.2) is 18.7 Å². The van der Waals surface area contributed by atoms with Gasteiger partial charge in [0.05, 0.1) is 6.54 Å². The van der Waals surface area contributed by atoms with Gasteiger partial charge < -0.3 is 10.1 Å². The number of nitrogens with zero attached hydrogens (tertiary/aromatic N) is 2. The van der Waals surface area contributed by atoms with E-state index >= 15 is 0 Å². The summed E-state index contributed by atoms with van der Waals surface area (Å²) in [4.78, 5) is 19.8. The summed E-state index contributed by atoms with van der Waals surface area (Å²) in [5.41, 5.74) is 1.14. The third-order valence-electron chi connectivity index (χ3n) is 4.01. The van der Waals surface area contributed by atoms with Crippen molar-refractivity contribution in [2.24, 2.45) is 5.92 Å². The lowest BCUT2D eigenvalue weighted by atomic mass is 9.81. The van der Waals surface area contributed by atoms with Crippen LogP contribution in [-0.4, -0.2) is 28.2 Å². The molecule has 0 unspecified atom stereocenters. The van der Waals surface area contributed by atoms with Crippen molar-refractivity contribution >= 4 is 5.91 Å². The number of carbonyl (C=O) groups is 1. The van der Waals surface area contributed by atoms with E-state index in [0.29, 0.717) is 11.1 Å². The summed E-state index contributed by atoms with van der Waals surface area (Å²) in [6, 6.07) is 5.20. The van der Waals surface area contributed by atoms with Gasteiger partial charge in [0.1, 0.15) is 11.6 Å². The number of amides is 1. The van der Waals surface area contributed by atoms with Crippen LogP contribution < -0.4 is 10.1 Å². The zero-order valence-electron chi connectivity index (χ0n) is 13.8. The van der Waals surface area contributed by atoms with Crippen molar-refractivity contribution in [2.75, 3.05) is 0 Å². The van der Waals surface area contributed by atoms with Crippen LogP contribution in [0.5, 0.6) is 5.75 Å². The van der Waals surface area contributed by atoms with Crippen LogP contribution in [-0.2, 0) is 11.3 Å². The number of benzene rings is 1. The standard InChI is InChI=1S/C17H14F5N3O2/c18-16(19)5-11(6-16)15(26)25-9-14-23-7-12(8-24-14)10-1-3-13(4-2-10)27-17(20,21)22/h1-4,7-8,11H,5-6,9H2,(H,25,26). The summed E-state index contributed by atoms with van der Waals surface area (Å²) in [6.45, 7) is -0.000451. The molecule has 27 heavy (non-hydrogen) atoms. The Kier molecular flexibility index (Phi) is 4.99. The molecule has 0 radical (unpaired) electrons. The number of ether oxygens (including phenoxy) is 1. The number of nitrogens with one attached hydrogen (secondary N) is 1. The lowest BCUT2D eigenvalue weighted by Crippen LogP contribution is -2.44. The maximum absolute atomic E-state index is 12.8. The molecule has 10 heteroatoms. The van der Waals surface area contributed by atoms with Crippen LogP contribution in [0.1, 0.15) is 18.7 Å². The number of carbonyl (C=O) groups excluding carboxylic acids is 1. The van der Waals surface area contributed by atoms with Crippen molar-refractivity contribution in [2.45, 2.75) is 31.7 Å². The summed E-state index contributed by atoms with van der Waals surface area (Å²) >= 11 is 0. The fraction of sp³-hybridized carbons (Fsp3) is 0.353. The molecule has 1 aromatic carbocycles. The minimum absolute atomic E-state index is 0.000451. The van der Waals surface area contributed by atoms with E-state index in [1.807, 2.05) is 0 Å². The first kappa shape index (κ1) is 19.0. The molecule has 1 aromatic heterocycles. The van der Waals surface area contributed by atoms with E-state index in [-0.39, 0.29) is 18.1 Å². The highest BCUT2D eigenvalue weighted by Crippen LogP contribution is 2.42. The normalized spacial score (nSPS) is 16.5. The average Bonchev–Trinajstić information content (AvgIpc) is 2.57. The largest absolute Gasteiger partial charge is 0.573 e. The minimum Gasteiger partial charge on any atom is -0.406 e. The first-order chi connectivity index (χ1) is 12.6. The second-order valence-electron chi connectivity index (χ2n) is 6.14. The number of aromatic nitrogens is 2. The topological polar surface area (TPSA) is 64.1 Å². The SMILES string of the molecule is O=C(NCc1ncc(-c2ccc(OC(F)(F)F)cc2)cn1)C1CC(F)(F)C1. The maximum Gasteiger partial charge on any atom is 0.573 e. The van der Waals surface area contributed by atoms with Crippen LogP contribution in [0, 0.1) is 5.92 Å². The van der Waals surface area contributed by atoms with E-state index in [1.165, 1.54) is 36.7 Å². The molecule has 1 saturated carbocycles. The molecule has 5 nitrogen and oxygen atoms in total. The summed E-state index contributed by atoms with van der Waals surface area (Å²) in [5.74, 6) is -3.98. The Bertz CT molecular complexity index is 799. The third-order valence-corrected chi connectivity index (χ3v) is 4.01. The van der Waals surface area contributed by atoms with Gasteiger partial charge in [0.25, 0.3) is 0 Å². The molecule has 0 aliphatic heterocycles. The number of rotatable bonds is 5. The molecule has 1 aliphatic rings. The van der Waals surface area contributed by atoms with Gasteiger partial charge in [-0.15, -0.1) is 13.2 Å². The van der Waals surface area contributed by atoms with Crippen LogP contribution in [0.25, 0.3) is 11.1 Å². The van der Waals surface area contributed by atoms with Gasteiger partial charge in [-0.05, 0) is 17.7 Å². The zero-order chi connectivity index (χ0) is 19.7. The fourth-order valence-electron chi connectivity index (χ4n) is 2.60. The third kappa shape index (κ3) is 5.11. The van der Waals surface area contributed by atoms with E-state index in [4.69, 9.17) is 0 Å². The number of hydrogen-bond donors (Lipinski definition) is 1. The van der Waals surface area contributed by atoms with Gasteiger partial charge in [0, 0.05) is 36.7 Å². The van der Waals surface area contributed by atoms with Crippen LogP contribution in [0.4, 0.5) is 22.0 Å². The Balaban J connectivity index is 1.55. The first-order valence-electron chi connectivity index (χ1n) is 7.94. The van der Waals surface area contributed by atoms with Crippen molar-refractivity contribution in [3.8, 4) is 16.9 Å². The second kappa shape index (κ2) is 7.09. The molecular weight excluding hydrogens is 373 g/mol. The molecule has 2 aromatic rings. The Morgan fingerprint density at radius 1 is 1.11 bits per heavy atom. The van der Waals surface area contributed by atoms with Crippen LogP contribution in [0.3, 0.4) is 0 Å². The summed E-state index contributed by atoms with van der Waals surface area (Å²) in [5, 5.41) is 2.51. The molecule has 1 aliphatic carbocycles. The van der Waals surface area contributed by atoms with Crippen LogP contribution in [0.15, 0.2) is 36.7 Å². The summed E-state index contributed by atoms with van der Waals surface area (Å²) < 4.78 is 65.7. The van der Waals surface area contributed by atoms with E-state index in [0.717, 1.165) is 0 Å². The monoisotopic (exact) mass is 387 g/mol. The van der Waals surface area contributed by atoms with Crippen molar-refractivity contribution in [1.29, 1.82) is 0 Å². The van der Waals surface area contributed by atoms with E-state index < -0.39 is 37.0 Å². The Hall–Kier alpha value is -2.78. The van der Waals surface area contributed by atoms with Gasteiger partial charge in [-0.3, -0.25) is 4.79 Å². The molecule has 1 N–H and O–H groups in total. The van der Waals surface area contributed by atoms with E-state index in [2.05, 4.69) is 20.0 Å². The lowest BCUT2D eigenvalue weighted by molar-refractivity contribution is -0.274. The molecule has 1 heterocycles. The Morgan fingerprint density at radius 3 is 2.22 bits per heavy atom. The lowest BCUT2D eigenvalue weighted by Gasteiger charge is -2.33. The van der Waals surface area contributed by atoms with Crippen molar-refractivity contribution in [1.82, 2.24) is 15.3 Å².